The van der Waals surface area contributed by atoms with Crippen LogP contribution in [0.4, 0.5) is 8.78 Å². The van der Waals surface area contributed by atoms with Gasteiger partial charge in [0.15, 0.2) is 11.6 Å². The van der Waals surface area contributed by atoms with Crippen LogP contribution >= 0.6 is 0 Å². The monoisotopic (exact) mass is 267 g/mol. The molecule has 1 aromatic carbocycles. The normalized spacial score (nSPS) is 19.6. The lowest BCUT2D eigenvalue weighted by Crippen LogP contribution is -2.33. The van der Waals surface area contributed by atoms with E-state index in [0.29, 0.717) is 19.0 Å². The lowest BCUT2D eigenvalue weighted by Gasteiger charge is -2.20. The minimum Gasteiger partial charge on any atom is -0.367 e. The number of hydrogen-bond donors (Lipinski definition) is 1. The van der Waals surface area contributed by atoms with Crippen molar-refractivity contribution in [1.82, 2.24) is 15.5 Å². The van der Waals surface area contributed by atoms with Gasteiger partial charge in [0, 0.05) is 13.1 Å². The van der Waals surface area contributed by atoms with Crippen molar-refractivity contribution in [2.45, 2.75) is 6.10 Å². The Morgan fingerprint density at radius 2 is 2.21 bits per heavy atom. The molecule has 2 aromatic rings. The Morgan fingerprint density at radius 3 is 3.00 bits per heavy atom. The zero-order valence-corrected chi connectivity index (χ0v) is 9.90. The van der Waals surface area contributed by atoms with Gasteiger partial charge < -0.3 is 14.6 Å². The first-order chi connectivity index (χ1) is 9.25. The maximum atomic E-state index is 13.6. The van der Waals surface area contributed by atoms with Crippen LogP contribution in [0.15, 0.2) is 22.7 Å². The Bertz CT molecular complexity index is 582. The van der Waals surface area contributed by atoms with Crippen molar-refractivity contribution in [3.8, 4) is 11.5 Å². The number of morpholine rings is 1. The van der Waals surface area contributed by atoms with E-state index < -0.39 is 11.6 Å². The summed E-state index contributed by atoms with van der Waals surface area (Å²) < 4.78 is 37.1. The molecule has 1 fully saturated rings. The number of benzene rings is 1. The molecule has 0 spiro atoms. The molecule has 0 radical (unpaired) electrons. The van der Waals surface area contributed by atoms with E-state index in [1.807, 2.05) is 0 Å². The highest BCUT2D eigenvalue weighted by Crippen LogP contribution is 2.25. The molecule has 0 amide bonds. The van der Waals surface area contributed by atoms with Crippen LogP contribution in [0.3, 0.4) is 0 Å². The van der Waals surface area contributed by atoms with Gasteiger partial charge in [-0.05, 0) is 12.1 Å². The molecule has 1 unspecified atom stereocenters. The third-order valence-corrected chi connectivity index (χ3v) is 2.84. The van der Waals surface area contributed by atoms with E-state index in [1.54, 1.807) is 0 Å². The average molecular weight is 267 g/mol. The number of nitrogens with zero attached hydrogens (tertiary/aromatic N) is 2. The minimum absolute atomic E-state index is 0.0532. The summed E-state index contributed by atoms with van der Waals surface area (Å²) in [6, 6.07) is 3.80. The van der Waals surface area contributed by atoms with Gasteiger partial charge in [-0.15, -0.1) is 0 Å². The van der Waals surface area contributed by atoms with Crippen LogP contribution in [0.25, 0.3) is 11.5 Å². The highest BCUT2D eigenvalue weighted by molar-refractivity contribution is 5.53. The molecule has 1 N–H and O–H groups in total. The topological polar surface area (TPSA) is 60.2 Å². The maximum Gasteiger partial charge on any atom is 0.261 e. The zero-order valence-electron chi connectivity index (χ0n) is 9.90. The fourth-order valence-corrected chi connectivity index (χ4v) is 1.88. The Labute approximate surface area is 107 Å². The highest BCUT2D eigenvalue weighted by Gasteiger charge is 2.23. The molecule has 7 heteroatoms. The van der Waals surface area contributed by atoms with Gasteiger partial charge in [0.1, 0.15) is 6.10 Å². The van der Waals surface area contributed by atoms with E-state index in [1.165, 1.54) is 12.1 Å². The lowest BCUT2D eigenvalue weighted by molar-refractivity contribution is 0.0208. The van der Waals surface area contributed by atoms with Crippen LogP contribution in [0.1, 0.15) is 11.9 Å². The zero-order chi connectivity index (χ0) is 13.2. The molecule has 0 saturated carbocycles. The smallest absolute Gasteiger partial charge is 0.261 e. The SMILES string of the molecule is Fc1cccc(-c2nc(C3CNCCO3)no2)c1F. The summed E-state index contributed by atoms with van der Waals surface area (Å²) in [6.45, 7) is 1.87. The first-order valence-electron chi connectivity index (χ1n) is 5.86. The van der Waals surface area contributed by atoms with Crippen molar-refractivity contribution in [3.63, 3.8) is 0 Å². The Kier molecular flexibility index (Phi) is 3.22. The van der Waals surface area contributed by atoms with Crippen molar-refractivity contribution < 1.29 is 18.0 Å². The van der Waals surface area contributed by atoms with Gasteiger partial charge in [-0.1, -0.05) is 11.2 Å². The number of ether oxygens (including phenoxy) is 1. The summed E-state index contributed by atoms with van der Waals surface area (Å²) in [4.78, 5) is 4.06. The average Bonchev–Trinajstić information content (AvgIpc) is 2.92. The summed E-state index contributed by atoms with van der Waals surface area (Å²) in [5, 5.41) is 6.87. The third-order valence-electron chi connectivity index (χ3n) is 2.84. The summed E-state index contributed by atoms with van der Waals surface area (Å²) in [5.41, 5.74) is -0.0532. The Balaban J connectivity index is 1.90. The fourth-order valence-electron chi connectivity index (χ4n) is 1.88. The molecular weight excluding hydrogens is 256 g/mol. The lowest BCUT2D eigenvalue weighted by atomic mass is 10.2. The number of nitrogens with one attached hydrogen (secondary N) is 1. The van der Waals surface area contributed by atoms with Gasteiger partial charge in [0.2, 0.25) is 5.82 Å². The second-order valence-electron chi connectivity index (χ2n) is 4.12. The van der Waals surface area contributed by atoms with Crippen molar-refractivity contribution in [3.05, 3.63) is 35.7 Å². The molecule has 1 aliphatic heterocycles. The van der Waals surface area contributed by atoms with Crippen molar-refractivity contribution in [1.29, 1.82) is 0 Å². The first kappa shape index (κ1) is 12.2. The van der Waals surface area contributed by atoms with Gasteiger partial charge in [0.25, 0.3) is 5.89 Å². The first-order valence-corrected chi connectivity index (χ1v) is 5.86. The number of aromatic nitrogens is 2. The van der Waals surface area contributed by atoms with Gasteiger partial charge in [-0.2, -0.15) is 4.98 Å². The standard InChI is InChI=1S/C12H11F2N3O2/c13-8-3-1-2-7(10(8)14)12-16-11(17-19-12)9-6-15-4-5-18-9/h1-3,9,15H,4-6H2. The third kappa shape index (κ3) is 2.34. The molecule has 1 aliphatic rings. The van der Waals surface area contributed by atoms with Crippen LogP contribution in [0.5, 0.6) is 0 Å². The van der Waals surface area contributed by atoms with E-state index in [4.69, 9.17) is 9.26 Å². The van der Waals surface area contributed by atoms with Gasteiger partial charge in [-0.3, -0.25) is 0 Å². The van der Waals surface area contributed by atoms with Gasteiger partial charge in [-0.25, -0.2) is 8.78 Å². The van der Waals surface area contributed by atoms with Crippen LogP contribution in [0, 0.1) is 11.6 Å². The summed E-state index contributed by atoms with van der Waals surface area (Å²) >= 11 is 0. The highest BCUT2D eigenvalue weighted by atomic mass is 19.2. The van der Waals surface area contributed by atoms with E-state index in [9.17, 15) is 8.78 Å². The quantitative estimate of drug-likeness (QED) is 0.897. The number of halogens is 2. The summed E-state index contributed by atoms with van der Waals surface area (Å²) in [5.74, 6) is -1.68. The van der Waals surface area contributed by atoms with Crippen LogP contribution < -0.4 is 5.32 Å². The predicted molar refractivity (Wildman–Crippen MR) is 61.2 cm³/mol. The largest absolute Gasteiger partial charge is 0.367 e. The predicted octanol–water partition coefficient (Wildman–Crippen LogP) is 1.68. The Morgan fingerprint density at radius 1 is 1.32 bits per heavy atom. The van der Waals surface area contributed by atoms with Crippen molar-refractivity contribution in [2.24, 2.45) is 0 Å². The summed E-state index contributed by atoms with van der Waals surface area (Å²) in [7, 11) is 0. The van der Waals surface area contributed by atoms with Crippen molar-refractivity contribution in [2.75, 3.05) is 19.7 Å². The molecular formula is C12H11F2N3O2. The molecule has 1 saturated heterocycles. The molecule has 2 heterocycles. The molecule has 3 rings (SSSR count). The molecule has 5 nitrogen and oxygen atoms in total. The van der Waals surface area contributed by atoms with Crippen LogP contribution in [-0.2, 0) is 4.74 Å². The second-order valence-corrected chi connectivity index (χ2v) is 4.12. The molecule has 1 aromatic heterocycles. The molecule has 100 valence electrons. The van der Waals surface area contributed by atoms with Crippen molar-refractivity contribution >= 4 is 0 Å². The molecule has 0 aliphatic carbocycles. The van der Waals surface area contributed by atoms with Gasteiger partial charge >= 0.3 is 0 Å². The Hall–Kier alpha value is -1.86. The van der Waals surface area contributed by atoms with Crippen LogP contribution in [0.2, 0.25) is 0 Å². The second kappa shape index (κ2) is 5.02. The van der Waals surface area contributed by atoms with E-state index in [-0.39, 0.29) is 17.6 Å². The summed E-state index contributed by atoms with van der Waals surface area (Å²) in [6.07, 6.45) is -0.331. The molecule has 1 atom stereocenters. The van der Waals surface area contributed by atoms with Gasteiger partial charge in [0.05, 0.1) is 12.2 Å². The van der Waals surface area contributed by atoms with E-state index >= 15 is 0 Å². The molecule has 0 bridgehead atoms. The van der Waals surface area contributed by atoms with Crippen LogP contribution in [-0.4, -0.2) is 29.8 Å². The molecule has 19 heavy (non-hydrogen) atoms. The van der Waals surface area contributed by atoms with E-state index in [2.05, 4.69) is 15.5 Å². The fraction of sp³-hybridized carbons (Fsp3) is 0.333. The number of rotatable bonds is 2. The number of hydrogen-bond acceptors (Lipinski definition) is 5. The maximum absolute atomic E-state index is 13.6. The van der Waals surface area contributed by atoms with E-state index in [0.717, 1.165) is 12.6 Å². The minimum atomic E-state index is -1.000.